The molecule has 0 heteroatoms. The maximum absolute atomic E-state index is 2.35. The number of rotatable bonds is 3. The van der Waals surface area contributed by atoms with Crippen LogP contribution in [0.1, 0.15) is 100 Å². The summed E-state index contributed by atoms with van der Waals surface area (Å²) in [5, 5.41) is 7.88. The number of fused-ring (bicyclic) bond motifs is 33. The van der Waals surface area contributed by atoms with Crippen LogP contribution in [-0.4, -0.2) is 0 Å². The molecule has 0 amide bonds. The second kappa shape index (κ2) is 32.7. The summed E-state index contributed by atoms with van der Waals surface area (Å²) in [6.07, 6.45) is 0. The van der Waals surface area contributed by atoms with Gasteiger partial charge in [0.15, 0.2) is 0 Å². The van der Waals surface area contributed by atoms with Gasteiger partial charge in [-0.15, -0.1) is 0 Å². The van der Waals surface area contributed by atoms with E-state index in [9.17, 15) is 0 Å². The minimum Gasteiger partial charge on any atom is -0.0622 e. The summed E-state index contributed by atoms with van der Waals surface area (Å²) >= 11 is 0. The highest BCUT2D eigenvalue weighted by molar-refractivity contribution is 6.02. The van der Waals surface area contributed by atoms with Crippen LogP contribution in [-0.2, 0) is 16.2 Å². The highest BCUT2D eigenvalue weighted by Gasteiger charge is 2.55. The number of hydrogen-bond donors (Lipinski definition) is 0. The van der Waals surface area contributed by atoms with Gasteiger partial charge in [-0.05, 0) is 264 Å². The Balaban J connectivity index is 0.0000000921. The Bertz CT molecular complexity index is 7750. The van der Waals surface area contributed by atoms with E-state index in [-0.39, 0.29) is 16.2 Å². The summed E-state index contributed by atoms with van der Waals surface area (Å²) in [4.78, 5) is 0. The van der Waals surface area contributed by atoms with E-state index in [4.69, 9.17) is 0 Å². The lowest BCUT2D eigenvalue weighted by Crippen LogP contribution is -2.26. The second-order valence-electron chi connectivity index (χ2n) is 35.4. The molecule has 6 aliphatic carbocycles. The smallest absolute Gasteiger partial charge is 0.0622 e. The molecule has 0 heterocycles. The van der Waals surface area contributed by atoms with Crippen LogP contribution in [0.2, 0.25) is 0 Å². The standard InChI is InChI=1S/3C26H18.3C17H14/c1-17-9-8-13-21-20-12-4-7-16-24(20)26(25(17)21)22-14-5-2-10-18(22)19-11-3-6-15-23(19)26;1-17-9-8-16-24-25(17)20-12-4-7-15-23(20)26(24)21-13-5-2-10-18(21)19-11-3-6-14-22(19)26;1-17-14-15-25-21(16-17)20-10-4-7-13-24(20)26(25)22-11-5-2-8-18(22)19-9-3-6-12-23(19)26;1-13-9-11-15(12-10-13)17-8-4-6-14-5-2-3-7-16(14)17;1-13-11-12-16(14-7-3-2-4-8-14)17-10-6-5-9-15(13)17;1-13-6-8-15(9-7-13)17-11-10-14-4-2-3-5-16(14)12-17/h3*2-16H,1H3;3*2-12H,1H3. The maximum Gasteiger partial charge on any atom is 0.0728 e. The molecule has 0 radical (unpaired) electrons. The third-order valence-electron chi connectivity index (χ3n) is 28.1. The van der Waals surface area contributed by atoms with Crippen molar-refractivity contribution < 1.29 is 0 Å². The Kier molecular flexibility index (Phi) is 20.1. The van der Waals surface area contributed by atoms with Gasteiger partial charge < -0.3 is 0 Å². The minimum absolute atomic E-state index is 0.188. The van der Waals surface area contributed by atoms with Crippen LogP contribution in [0, 0.1) is 41.5 Å². The van der Waals surface area contributed by atoms with Gasteiger partial charge in [-0.1, -0.05) is 484 Å². The normalized spacial score (nSPS) is 13.1. The molecule has 0 bridgehead atoms. The number of hydrogen-bond acceptors (Lipinski definition) is 0. The molecule has 21 aromatic carbocycles. The van der Waals surface area contributed by atoms with E-state index in [2.05, 4.69) is 515 Å². The average molecular weight is 1650 g/mol. The summed E-state index contributed by atoms with van der Waals surface area (Å²) < 4.78 is 0. The van der Waals surface area contributed by atoms with Crippen molar-refractivity contribution in [2.24, 2.45) is 0 Å². The van der Waals surface area contributed by atoms with Gasteiger partial charge in [-0.25, -0.2) is 0 Å². The van der Waals surface area contributed by atoms with Gasteiger partial charge in [0.2, 0.25) is 0 Å². The zero-order chi connectivity index (χ0) is 86.9. The zero-order valence-corrected chi connectivity index (χ0v) is 73.5. The minimum atomic E-state index is -0.190. The maximum atomic E-state index is 2.35. The first-order valence-electron chi connectivity index (χ1n) is 45.4. The molecule has 129 heavy (non-hydrogen) atoms. The quantitative estimate of drug-likeness (QED) is 0.165. The van der Waals surface area contributed by atoms with E-state index < -0.39 is 0 Å². The van der Waals surface area contributed by atoms with Crippen LogP contribution in [0.5, 0.6) is 0 Å². The Morgan fingerprint density at radius 2 is 0.465 bits per heavy atom. The van der Waals surface area contributed by atoms with Crippen molar-refractivity contribution >= 4 is 32.3 Å². The van der Waals surface area contributed by atoms with Gasteiger partial charge in [-0.2, -0.15) is 0 Å². The molecule has 6 aliphatic rings. The molecule has 0 aromatic heterocycles. The van der Waals surface area contributed by atoms with Gasteiger partial charge in [0, 0.05) is 0 Å². The molecular formula is C129H96. The topological polar surface area (TPSA) is 0 Å². The summed E-state index contributed by atoms with van der Waals surface area (Å²) in [5.41, 5.74) is 48.7. The van der Waals surface area contributed by atoms with Crippen LogP contribution < -0.4 is 0 Å². The van der Waals surface area contributed by atoms with Crippen molar-refractivity contribution in [3.8, 4) is 100 Å². The van der Waals surface area contributed by atoms with Crippen LogP contribution >= 0.6 is 0 Å². The van der Waals surface area contributed by atoms with E-state index in [1.807, 2.05) is 0 Å². The molecule has 27 rings (SSSR count). The monoisotopic (exact) mass is 1640 g/mol. The lowest BCUT2D eigenvalue weighted by molar-refractivity contribution is 0.786. The van der Waals surface area contributed by atoms with Crippen molar-refractivity contribution in [2.45, 2.75) is 57.8 Å². The molecule has 0 N–H and O–H groups in total. The van der Waals surface area contributed by atoms with Crippen molar-refractivity contribution in [3.63, 3.8) is 0 Å². The van der Waals surface area contributed by atoms with Gasteiger partial charge in [0.1, 0.15) is 0 Å². The molecule has 3 spiro atoms. The van der Waals surface area contributed by atoms with Crippen molar-refractivity contribution in [3.05, 3.63) is 573 Å². The summed E-state index contributed by atoms with van der Waals surface area (Å²) in [5.74, 6) is 0. The number of benzene rings is 21. The van der Waals surface area contributed by atoms with Crippen LogP contribution in [0.25, 0.3) is 132 Å². The molecule has 0 saturated carbocycles. The number of aryl methyl sites for hydroxylation is 6. The summed E-state index contributed by atoms with van der Waals surface area (Å²) in [7, 11) is 0. The fourth-order valence-electron chi connectivity index (χ4n) is 22.5. The van der Waals surface area contributed by atoms with Crippen LogP contribution in [0.4, 0.5) is 0 Å². The molecular weight excluding hydrogens is 1550 g/mol. The Labute approximate surface area is 758 Å². The van der Waals surface area contributed by atoms with Crippen molar-refractivity contribution in [2.75, 3.05) is 0 Å². The average Bonchev–Trinajstić information content (AvgIpc) is 1.52. The second-order valence-corrected chi connectivity index (χ2v) is 35.4. The first kappa shape index (κ1) is 79.3. The van der Waals surface area contributed by atoms with Crippen LogP contribution in [0.3, 0.4) is 0 Å². The fraction of sp³-hybridized carbons (Fsp3) is 0.0698. The largest absolute Gasteiger partial charge is 0.0728 e. The van der Waals surface area contributed by atoms with E-state index in [1.165, 1.54) is 233 Å². The predicted molar refractivity (Wildman–Crippen MR) is 545 cm³/mol. The Hall–Kier alpha value is -15.6. The fourth-order valence-corrected chi connectivity index (χ4v) is 22.5. The zero-order valence-electron chi connectivity index (χ0n) is 73.5. The molecule has 0 unspecified atom stereocenters. The molecule has 0 aliphatic heterocycles. The molecule has 612 valence electrons. The molecule has 0 nitrogen and oxygen atoms in total. The first-order chi connectivity index (χ1) is 63.5. The lowest BCUT2D eigenvalue weighted by Gasteiger charge is -2.31. The van der Waals surface area contributed by atoms with Crippen LogP contribution in [0.15, 0.2) is 473 Å². The predicted octanol–water partition coefficient (Wildman–Crippen LogP) is 33.5. The van der Waals surface area contributed by atoms with E-state index in [0.717, 1.165) is 0 Å². The molecule has 0 fully saturated rings. The SMILES string of the molecule is Cc1ccc(-c2ccc3ccccc3c2)cc1.Cc1ccc(-c2cccc3ccccc23)cc1.Cc1ccc(-c2ccccc2)c2ccccc12.Cc1ccc2c(c1)-c1ccccc1C21c2ccccc2-c2ccccc21.Cc1cccc2c1-c1ccccc1C21c2ccccc2-c2ccccc21.Cc1cccc2c1C1(c3ccccc3-c3ccccc31)c1ccccc1-2. The molecule has 21 aromatic rings. The third-order valence-corrected chi connectivity index (χ3v) is 28.1. The van der Waals surface area contributed by atoms with E-state index >= 15 is 0 Å². The Morgan fingerprint density at radius 1 is 0.140 bits per heavy atom. The third kappa shape index (κ3) is 12.9. The first-order valence-corrected chi connectivity index (χ1v) is 45.4. The molecule has 0 atom stereocenters. The highest BCUT2D eigenvalue weighted by atomic mass is 14.6. The highest BCUT2D eigenvalue weighted by Crippen LogP contribution is 2.67. The van der Waals surface area contributed by atoms with Gasteiger partial charge >= 0.3 is 0 Å². The van der Waals surface area contributed by atoms with Gasteiger partial charge in [0.05, 0.1) is 16.2 Å². The summed E-state index contributed by atoms with van der Waals surface area (Å²) in [6.45, 7) is 13.1. The van der Waals surface area contributed by atoms with E-state index in [0.29, 0.717) is 0 Å². The van der Waals surface area contributed by atoms with Gasteiger partial charge in [-0.3, -0.25) is 0 Å². The van der Waals surface area contributed by atoms with E-state index in [1.54, 1.807) is 0 Å². The van der Waals surface area contributed by atoms with Gasteiger partial charge in [0.25, 0.3) is 0 Å². The Morgan fingerprint density at radius 3 is 1.00 bits per heavy atom. The van der Waals surface area contributed by atoms with Crippen molar-refractivity contribution in [1.82, 2.24) is 0 Å². The molecule has 0 saturated heterocycles. The summed E-state index contributed by atoms with van der Waals surface area (Å²) in [6, 6.07) is 172. The lowest BCUT2D eigenvalue weighted by atomic mass is 9.69. The van der Waals surface area contributed by atoms with Crippen molar-refractivity contribution in [1.29, 1.82) is 0 Å².